The van der Waals surface area contributed by atoms with Crippen molar-refractivity contribution < 1.29 is 4.79 Å². The van der Waals surface area contributed by atoms with Gasteiger partial charge in [-0.05, 0) is 30.7 Å². The van der Waals surface area contributed by atoms with Gasteiger partial charge in [0.15, 0.2) is 5.16 Å². The number of carbonyl (C=O) groups excluding carboxylic acids is 1. The number of aromatic nitrogens is 2. The third-order valence-electron chi connectivity index (χ3n) is 3.80. The number of hydrogen-bond donors (Lipinski definition) is 1. The summed E-state index contributed by atoms with van der Waals surface area (Å²) in [5, 5.41) is 1.02. The third kappa shape index (κ3) is 3.70. The first-order valence-corrected chi connectivity index (χ1v) is 8.92. The molecule has 5 nitrogen and oxygen atoms in total. The lowest BCUT2D eigenvalue weighted by Gasteiger charge is -2.15. The normalized spacial score (nSPS) is 12.2. The minimum Gasteiger partial charge on any atom is -0.369 e. The molecular formula is C18H16ClN3O2S. The van der Waals surface area contributed by atoms with Gasteiger partial charge in [0, 0.05) is 5.02 Å². The summed E-state index contributed by atoms with van der Waals surface area (Å²) in [4.78, 5) is 29.0. The molecule has 2 aromatic carbocycles. The van der Waals surface area contributed by atoms with Gasteiger partial charge in [0.25, 0.3) is 5.56 Å². The molecule has 3 aromatic rings. The standard InChI is InChI=1S/C18H16ClN3O2S/c1-11(16(20)23)25-18-21-15-9-5-3-7-13(15)17(24)22(18)10-12-6-2-4-8-14(12)19/h2-9,11H,10H2,1H3,(H2,20,23)/t11-/m1/s1. The number of nitrogens with two attached hydrogens (primary N) is 1. The molecule has 1 heterocycles. The van der Waals surface area contributed by atoms with Gasteiger partial charge in [-0.1, -0.05) is 53.7 Å². The molecule has 0 bridgehead atoms. The van der Waals surface area contributed by atoms with Crippen molar-refractivity contribution in [2.24, 2.45) is 5.73 Å². The number of primary amides is 1. The molecule has 3 rings (SSSR count). The van der Waals surface area contributed by atoms with Crippen LogP contribution in [0.15, 0.2) is 58.5 Å². The van der Waals surface area contributed by atoms with Crippen molar-refractivity contribution in [3.63, 3.8) is 0 Å². The largest absolute Gasteiger partial charge is 0.369 e. The second-order valence-electron chi connectivity index (χ2n) is 5.56. The topological polar surface area (TPSA) is 78.0 Å². The molecule has 0 saturated heterocycles. The van der Waals surface area contributed by atoms with Gasteiger partial charge in [-0.2, -0.15) is 0 Å². The Morgan fingerprint density at radius 2 is 1.92 bits per heavy atom. The molecule has 128 valence electrons. The van der Waals surface area contributed by atoms with E-state index in [2.05, 4.69) is 4.98 Å². The Labute approximate surface area is 153 Å². The fourth-order valence-corrected chi connectivity index (χ4v) is 3.44. The maximum atomic E-state index is 13.0. The lowest BCUT2D eigenvalue weighted by Crippen LogP contribution is -2.27. The Balaban J connectivity index is 2.16. The number of fused-ring (bicyclic) bond motifs is 1. The highest BCUT2D eigenvalue weighted by Crippen LogP contribution is 2.24. The van der Waals surface area contributed by atoms with Gasteiger partial charge in [-0.3, -0.25) is 14.2 Å². The van der Waals surface area contributed by atoms with Crippen LogP contribution in [0.5, 0.6) is 0 Å². The summed E-state index contributed by atoms with van der Waals surface area (Å²) in [7, 11) is 0. The molecule has 0 aliphatic carbocycles. The van der Waals surface area contributed by atoms with Gasteiger partial charge in [0.2, 0.25) is 5.91 Å². The van der Waals surface area contributed by atoms with Crippen LogP contribution in [0.3, 0.4) is 0 Å². The summed E-state index contributed by atoms with van der Waals surface area (Å²) < 4.78 is 1.54. The van der Waals surface area contributed by atoms with Crippen molar-refractivity contribution in [3.05, 3.63) is 69.5 Å². The highest BCUT2D eigenvalue weighted by molar-refractivity contribution is 8.00. The maximum Gasteiger partial charge on any atom is 0.262 e. The Bertz CT molecular complexity index is 1000. The zero-order chi connectivity index (χ0) is 18.0. The molecule has 1 amide bonds. The number of carbonyl (C=O) groups is 1. The molecule has 1 aromatic heterocycles. The molecule has 0 unspecified atom stereocenters. The molecule has 25 heavy (non-hydrogen) atoms. The predicted octanol–water partition coefficient (Wildman–Crippen LogP) is 3.06. The number of thioether (sulfide) groups is 1. The average Bonchev–Trinajstić information content (AvgIpc) is 2.59. The van der Waals surface area contributed by atoms with Crippen molar-refractivity contribution in [2.75, 3.05) is 0 Å². The number of rotatable bonds is 5. The van der Waals surface area contributed by atoms with Crippen LogP contribution in [0.4, 0.5) is 0 Å². The Hall–Kier alpha value is -2.31. The number of halogens is 1. The molecule has 0 aliphatic rings. The van der Waals surface area contributed by atoms with E-state index >= 15 is 0 Å². The van der Waals surface area contributed by atoms with Crippen LogP contribution < -0.4 is 11.3 Å². The van der Waals surface area contributed by atoms with Gasteiger partial charge in [-0.15, -0.1) is 0 Å². The summed E-state index contributed by atoms with van der Waals surface area (Å²) in [5.74, 6) is -0.461. The predicted molar refractivity (Wildman–Crippen MR) is 101 cm³/mol. The van der Waals surface area contributed by atoms with Crippen LogP contribution in [0.1, 0.15) is 12.5 Å². The maximum absolute atomic E-state index is 13.0. The molecule has 7 heteroatoms. The Morgan fingerprint density at radius 3 is 2.64 bits per heavy atom. The highest BCUT2D eigenvalue weighted by atomic mass is 35.5. The van der Waals surface area contributed by atoms with E-state index in [9.17, 15) is 9.59 Å². The first kappa shape index (κ1) is 17.5. The summed E-state index contributed by atoms with van der Waals surface area (Å²) in [6.45, 7) is 1.96. The molecule has 2 N–H and O–H groups in total. The first-order chi connectivity index (χ1) is 12.0. The smallest absolute Gasteiger partial charge is 0.262 e. The van der Waals surface area contributed by atoms with Crippen LogP contribution in [0.2, 0.25) is 5.02 Å². The van der Waals surface area contributed by atoms with Crippen LogP contribution >= 0.6 is 23.4 Å². The number of nitrogens with zero attached hydrogens (tertiary/aromatic N) is 2. The number of benzene rings is 2. The van der Waals surface area contributed by atoms with Gasteiger partial charge in [-0.25, -0.2) is 4.98 Å². The third-order valence-corrected chi connectivity index (χ3v) is 5.27. The molecule has 0 radical (unpaired) electrons. The van der Waals surface area contributed by atoms with E-state index in [1.807, 2.05) is 24.3 Å². The summed E-state index contributed by atoms with van der Waals surface area (Å²) in [6, 6.07) is 14.4. The fourth-order valence-electron chi connectivity index (χ4n) is 2.39. The van der Waals surface area contributed by atoms with Crippen molar-refractivity contribution in [3.8, 4) is 0 Å². The van der Waals surface area contributed by atoms with E-state index in [1.54, 1.807) is 31.2 Å². The first-order valence-electron chi connectivity index (χ1n) is 7.66. The van der Waals surface area contributed by atoms with E-state index in [4.69, 9.17) is 17.3 Å². The second kappa shape index (κ2) is 7.29. The zero-order valence-electron chi connectivity index (χ0n) is 13.5. The van der Waals surface area contributed by atoms with E-state index in [1.165, 1.54) is 16.3 Å². The number of amides is 1. The summed E-state index contributed by atoms with van der Waals surface area (Å²) >= 11 is 7.40. The van der Waals surface area contributed by atoms with E-state index < -0.39 is 11.2 Å². The Kier molecular flexibility index (Phi) is 5.11. The lowest BCUT2D eigenvalue weighted by atomic mass is 10.2. The molecule has 0 aliphatic heterocycles. The zero-order valence-corrected chi connectivity index (χ0v) is 15.1. The summed E-state index contributed by atoms with van der Waals surface area (Å²) in [5.41, 5.74) is 6.58. The molecule has 0 saturated carbocycles. The van der Waals surface area contributed by atoms with Crippen molar-refractivity contribution >= 4 is 40.2 Å². The van der Waals surface area contributed by atoms with E-state index in [0.29, 0.717) is 21.1 Å². The quantitative estimate of drug-likeness (QED) is 0.550. The lowest BCUT2D eigenvalue weighted by molar-refractivity contribution is -0.117. The van der Waals surface area contributed by atoms with Crippen LogP contribution in [-0.4, -0.2) is 20.7 Å². The van der Waals surface area contributed by atoms with E-state index in [-0.39, 0.29) is 12.1 Å². The van der Waals surface area contributed by atoms with Crippen LogP contribution in [0, 0.1) is 0 Å². The highest BCUT2D eigenvalue weighted by Gasteiger charge is 2.18. The second-order valence-corrected chi connectivity index (χ2v) is 7.27. The minimum atomic E-state index is -0.509. The minimum absolute atomic E-state index is 0.176. The fraction of sp³-hybridized carbons (Fsp3) is 0.167. The van der Waals surface area contributed by atoms with Gasteiger partial charge in [0.05, 0.1) is 22.7 Å². The van der Waals surface area contributed by atoms with Crippen LogP contribution in [-0.2, 0) is 11.3 Å². The molecule has 0 spiro atoms. The van der Waals surface area contributed by atoms with Crippen LogP contribution in [0.25, 0.3) is 10.9 Å². The SMILES string of the molecule is C[C@@H](Sc1nc2ccccc2c(=O)n1Cc1ccccc1Cl)C(N)=O. The molecule has 0 fully saturated rings. The van der Waals surface area contributed by atoms with Gasteiger partial charge < -0.3 is 5.73 Å². The van der Waals surface area contributed by atoms with Gasteiger partial charge in [0.1, 0.15) is 0 Å². The van der Waals surface area contributed by atoms with E-state index in [0.717, 1.165) is 5.56 Å². The van der Waals surface area contributed by atoms with Crippen molar-refractivity contribution in [2.45, 2.75) is 23.9 Å². The number of hydrogen-bond acceptors (Lipinski definition) is 4. The Morgan fingerprint density at radius 1 is 1.24 bits per heavy atom. The average molecular weight is 374 g/mol. The monoisotopic (exact) mass is 373 g/mol. The van der Waals surface area contributed by atoms with Crippen molar-refractivity contribution in [1.82, 2.24) is 9.55 Å². The number of para-hydroxylation sites is 1. The molecule has 1 atom stereocenters. The summed E-state index contributed by atoms with van der Waals surface area (Å²) in [6.07, 6.45) is 0. The van der Waals surface area contributed by atoms with Gasteiger partial charge >= 0.3 is 0 Å². The molecular weight excluding hydrogens is 358 g/mol. The van der Waals surface area contributed by atoms with Crippen molar-refractivity contribution in [1.29, 1.82) is 0 Å².